The van der Waals surface area contributed by atoms with Gasteiger partial charge in [-0.25, -0.2) is 24.1 Å². The summed E-state index contributed by atoms with van der Waals surface area (Å²) in [4.78, 5) is 41.7. The lowest BCUT2D eigenvalue weighted by Gasteiger charge is -2.31. The van der Waals surface area contributed by atoms with Gasteiger partial charge in [-0.05, 0) is 81.3 Å². The molecule has 0 bridgehead atoms. The molecule has 0 radical (unpaired) electrons. The zero-order valence-corrected chi connectivity index (χ0v) is 25.1. The van der Waals surface area contributed by atoms with Gasteiger partial charge in [0, 0.05) is 25.0 Å². The van der Waals surface area contributed by atoms with Crippen molar-refractivity contribution in [1.29, 1.82) is 0 Å². The van der Waals surface area contributed by atoms with Gasteiger partial charge in [-0.2, -0.15) is 4.98 Å². The third-order valence-corrected chi connectivity index (χ3v) is 8.12. The molecule has 1 aromatic carbocycles. The summed E-state index contributed by atoms with van der Waals surface area (Å²) >= 11 is 0. The molecule has 0 saturated carbocycles. The molecular formula is C32H37N7O4. The Balaban J connectivity index is 1.32. The lowest BCUT2D eigenvalue weighted by molar-refractivity contribution is 0.0223. The van der Waals surface area contributed by atoms with E-state index in [1.165, 1.54) is 10.9 Å². The second-order valence-electron chi connectivity index (χ2n) is 12.2. The molecule has 0 unspecified atom stereocenters. The number of carbonyl (C=O) groups excluding carboxylic acids is 1. The van der Waals surface area contributed by atoms with E-state index in [1.807, 2.05) is 58.0 Å². The number of hydrogen-bond donors (Lipinski definition) is 2. The van der Waals surface area contributed by atoms with E-state index in [0.717, 1.165) is 28.8 Å². The predicted octanol–water partition coefficient (Wildman–Crippen LogP) is 4.74. The van der Waals surface area contributed by atoms with Crippen LogP contribution in [-0.2, 0) is 36.3 Å². The van der Waals surface area contributed by atoms with E-state index in [4.69, 9.17) is 14.7 Å². The fourth-order valence-corrected chi connectivity index (χ4v) is 5.86. The Morgan fingerprint density at radius 3 is 2.70 bits per heavy atom. The lowest BCUT2D eigenvalue weighted by Crippen LogP contribution is -2.39. The smallest absolute Gasteiger partial charge is 0.410 e. The van der Waals surface area contributed by atoms with Crippen molar-refractivity contribution >= 4 is 28.8 Å². The largest absolute Gasteiger partial charge is 0.444 e. The number of fused-ring (bicyclic) bond motifs is 3. The van der Waals surface area contributed by atoms with Crippen LogP contribution in [0.2, 0.25) is 0 Å². The predicted molar refractivity (Wildman–Crippen MR) is 164 cm³/mol. The SMILES string of the molecule is C=CCn1c(=O)c2cnc(Nc3ccc4c(c3)CCN(C(=O)OC(C)(C)C)C4)nc2n1-c1ccc2c(n1)[C@@](O)(CC)CC2. The molecule has 1 amide bonds. The van der Waals surface area contributed by atoms with Crippen LogP contribution < -0.4 is 10.9 Å². The average molecular weight is 584 g/mol. The molecule has 11 nitrogen and oxygen atoms in total. The van der Waals surface area contributed by atoms with E-state index in [-0.39, 0.29) is 18.2 Å². The van der Waals surface area contributed by atoms with Crippen molar-refractivity contribution in [3.05, 3.63) is 81.9 Å². The Morgan fingerprint density at radius 1 is 1.16 bits per heavy atom. The molecule has 11 heteroatoms. The second kappa shape index (κ2) is 10.6. The van der Waals surface area contributed by atoms with Crippen molar-refractivity contribution in [3.8, 4) is 5.82 Å². The van der Waals surface area contributed by atoms with Crippen LogP contribution in [0.1, 0.15) is 62.9 Å². The highest BCUT2D eigenvalue weighted by molar-refractivity contribution is 5.77. The number of hydrogen-bond acceptors (Lipinski definition) is 8. The Morgan fingerprint density at radius 2 is 1.95 bits per heavy atom. The first kappa shape index (κ1) is 28.6. The van der Waals surface area contributed by atoms with Gasteiger partial charge >= 0.3 is 6.09 Å². The molecule has 2 N–H and O–H groups in total. The van der Waals surface area contributed by atoms with Crippen LogP contribution in [0.15, 0.2) is 54.0 Å². The summed E-state index contributed by atoms with van der Waals surface area (Å²) in [5, 5.41) is 14.8. The number of pyridine rings is 1. The van der Waals surface area contributed by atoms with E-state index < -0.39 is 11.2 Å². The number of carbonyl (C=O) groups is 1. The quantitative estimate of drug-likeness (QED) is 0.312. The highest BCUT2D eigenvalue weighted by Gasteiger charge is 2.37. The molecule has 0 saturated heterocycles. The number of allylic oxidation sites excluding steroid dienone is 1. The average Bonchev–Trinajstić information content (AvgIpc) is 3.45. The van der Waals surface area contributed by atoms with Crippen molar-refractivity contribution in [2.45, 2.75) is 77.7 Å². The fraction of sp³-hybridized carbons (Fsp3) is 0.406. The minimum atomic E-state index is -0.990. The van der Waals surface area contributed by atoms with E-state index in [1.54, 1.807) is 15.7 Å². The molecular weight excluding hydrogens is 546 g/mol. The number of rotatable bonds is 6. The molecule has 4 heterocycles. The number of anilines is 2. The molecule has 43 heavy (non-hydrogen) atoms. The van der Waals surface area contributed by atoms with E-state index in [9.17, 15) is 14.7 Å². The molecule has 1 aliphatic carbocycles. The highest BCUT2D eigenvalue weighted by atomic mass is 16.6. The minimum Gasteiger partial charge on any atom is -0.444 e. The van der Waals surface area contributed by atoms with Crippen LogP contribution in [0.4, 0.5) is 16.4 Å². The zero-order chi connectivity index (χ0) is 30.5. The van der Waals surface area contributed by atoms with Gasteiger partial charge in [0.15, 0.2) is 11.5 Å². The van der Waals surface area contributed by atoms with Crippen molar-refractivity contribution in [2.24, 2.45) is 0 Å². The maximum Gasteiger partial charge on any atom is 0.410 e. The first-order valence-electron chi connectivity index (χ1n) is 14.7. The number of nitrogens with one attached hydrogen (secondary N) is 1. The van der Waals surface area contributed by atoms with Crippen LogP contribution in [-0.4, -0.2) is 52.6 Å². The van der Waals surface area contributed by atoms with Gasteiger partial charge in [0.05, 0.1) is 12.2 Å². The van der Waals surface area contributed by atoms with E-state index in [2.05, 4.69) is 16.9 Å². The lowest BCUT2D eigenvalue weighted by atomic mass is 9.98. The third-order valence-electron chi connectivity index (χ3n) is 8.12. The normalized spacial score (nSPS) is 17.9. The first-order valence-corrected chi connectivity index (χ1v) is 14.7. The molecule has 0 spiro atoms. The van der Waals surface area contributed by atoms with Crippen LogP contribution >= 0.6 is 0 Å². The number of aryl methyl sites for hydroxylation is 1. The van der Waals surface area contributed by atoms with Gasteiger partial charge < -0.3 is 20.1 Å². The van der Waals surface area contributed by atoms with Crippen molar-refractivity contribution in [3.63, 3.8) is 0 Å². The van der Waals surface area contributed by atoms with Gasteiger partial charge in [0.2, 0.25) is 5.95 Å². The number of nitrogens with zero attached hydrogens (tertiary/aromatic N) is 6. The Hall–Kier alpha value is -4.51. The summed E-state index contributed by atoms with van der Waals surface area (Å²) in [5.74, 6) is 0.823. The molecule has 0 fully saturated rings. The van der Waals surface area contributed by atoms with Crippen LogP contribution in [0.5, 0.6) is 0 Å². The van der Waals surface area contributed by atoms with E-state index >= 15 is 0 Å². The number of aromatic nitrogens is 5. The summed E-state index contributed by atoms with van der Waals surface area (Å²) in [6, 6.07) is 9.79. The molecule has 4 aromatic rings. The zero-order valence-electron chi connectivity index (χ0n) is 25.1. The van der Waals surface area contributed by atoms with Crippen molar-refractivity contribution in [1.82, 2.24) is 29.2 Å². The number of amides is 1. The van der Waals surface area contributed by atoms with Gasteiger partial charge in [-0.1, -0.05) is 25.1 Å². The monoisotopic (exact) mass is 583 g/mol. The summed E-state index contributed by atoms with van der Waals surface area (Å²) < 4.78 is 8.75. The highest BCUT2D eigenvalue weighted by Crippen LogP contribution is 2.38. The van der Waals surface area contributed by atoms with Crippen molar-refractivity contribution in [2.75, 3.05) is 11.9 Å². The molecule has 1 aliphatic heterocycles. The Kier molecular flexibility index (Phi) is 7.08. The minimum absolute atomic E-state index is 0.250. The number of benzene rings is 1. The standard InChI is InChI=1S/C32H37N7O4/c1-6-15-38-28(40)24-18-33-29(36-27(24)39(38)25-11-9-20-12-14-32(42,7-2)26(20)35-25)34-23-10-8-22-19-37(16-13-21(22)17-23)30(41)43-31(3,4)5/h6,8-11,17-18,42H,1,7,12-16,19H2,2-5H3,(H,33,34,36)/t32-/m1/s1. The van der Waals surface area contributed by atoms with E-state index in [0.29, 0.717) is 60.8 Å². The summed E-state index contributed by atoms with van der Waals surface area (Å²) in [7, 11) is 0. The number of ether oxygens (including phenoxy) is 1. The summed E-state index contributed by atoms with van der Waals surface area (Å²) in [6.07, 6.45) is 5.49. The topological polar surface area (TPSA) is 127 Å². The molecule has 224 valence electrons. The Bertz CT molecular complexity index is 1800. The van der Waals surface area contributed by atoms with Crippen LogP contribution in [0.25, 0.3) is 16.9 Å². The fourth-order valence-electron chi connectivity index (χ4n) is 5.86. The van der Waals surface area contributed by atoms with Crippen molar-refractivity contribution < 1.29 is 14.6 Å². The molecule has 1 atom stereocenters. The Labute approximate surface area is 249 Å². The molecule has 6 rings (SSSR count). The number of aliphatic hydroxyl groups is 1. The molecule has 3 aromatic heterocycles. The van der Waals surface area contributed by atoms with Gasteiger partial charge in [-0.3, -0.25) is 4.79 Å². The van der Waals surface area contributed by atoms with Gasteiger partial charge in [0.1, 0.15) is 16.6 Å². The van der Waals surface area contributed by atoms with Gasteiger partial charge in [0.25, 0.3) is 5.56 Å². The van der Waals surface area contributed by atoms with Crippen LogP contribution in [0, 0.1) is 0 Å². The second-order valence-corrected chi connectivity index (χ2v) is 12.2. The van der Waals surface area contributed by atoms with Gasteiger partial charge in [-0.15, -0.1) is 6.58 Å². The molecule has 2 aliphatic rings. The maximum absolute atomic E-state index is 13.4. The first-order chi connectivity index (χ1) is 20.5. The third kappa shape index (κ3) is 5.29. The summed E-state index contributed by atoms with van der Waals surface area (Å²) in [6.45, 7) is 12.7. The maximum atomic E-state index is 13.4. The summed E-state index contributed by atoms with van der Waals surface area (Å²) in [5.41, 5.74) is 3.27. The van der Waals surface area contributed by atoms with Crippen LogP contribution in [0.3, 0.4) is 0 Å².